The monoisotopic (exact) mass is 468 g/mol. The molecule has 0 fully saturated rings. The van der Waals surface area contributed by atoms with Crippen molar-refractivity contribution in [3.8, 4) is 22.6 Å². The molecule has 33 heavy (non-hydrogen) atoms. The average molecular weight is 468 g/mol. The Morgan fingerprint density at radius 1 is 1.15 bits per heavy atom. The molecule has 0 aliphatic heterocycles. The minimum absolute atomic E-state index is 0.187. The largest absolute Gasteiger partial charge is 0.469 e. The number of thiazole rings is 1. The highest BCUT2D eigenvalue weighted by Gasteiger charge is 2.16. The number of methoxy groups -OCH3 is 1. The van der Waals surface area contributed by atoms with E-state index >= 15 is 0 Å². The number of benzene rings is 1. The van der Waals surface area contributed by atoms with Crippen LogP contribution >= 0.6 is 11.3 Å². The van der Waals surface area contributed by atoms with Gasteiger partial charge in [0, 0.05) is 47.6 Å². The van der Waals surface area contributed by atoms with E-state index in [1.807, 2.05) is 5.38 Å². The number of pyridine rings is 2. The van der Waals surface area contributed by atoms with Crippen LogP contribution in [0.1, 0.15) is 12.1 Å². The van der Waals surface area contributed by atoms with Crippen molar-refractivity contribution >= 4 is 28.3 Å². The molecule has 0 saturated heterocycles. The van der Waals surface area contributed by atoms with Crippen LogP contribution in [0.4, 0.5) is 19.7 Å². The van der Waals surface area contributed by atoms with Crippen LogP contribution in [0.2, 0.25) is 0 Å². The van der Waals surface area contributed by atoms with E-state index in [9.17, 15) is 13.6 Å². The zero-order valence-electron chi connectivity index (χ0n) is 17.4. The van der Waals surface area contributed by atoms with Crippen molar-refractivity contribution in [1.82, 2.24) is 15.0 Å². The fourth-order valence-electron chi connectivity index (χ4n) is 2.94. The van der Waals surface area contributed by atoms with E-state index in [1.165, 1.54) is 36.8 Å². The number of hydrogen-bond donors (Lipinski definition) is 1. The number of aromatic nitrogens is 3. The third-order valence-corrected chi connectivity index (χ3v) is 5.38. The van der Waals surface area contributed by atoms with Gasteiger partial charge in [-0.25, -0.2) is 18.7 Å². The molecule has 0 aliphatic rings. The summed E-state index contributed by atoms with van der Waals surface area (Å²) in [5, 5.41) is 5.42. The number of anilines is 2. The van der Waals surface area contributed by atoms with Crippen molar-refractivity contribution in [2.45, 2.75) is 12.8 Å². The zero-order valence-corrected chi connectivity index (χ0v) is 18.2. The summed E-state index contributed by atoms with van der Waals surface area (Å²) >= 11 is 1.33. The van der Waals surface area contributed by atoms with Crippen LogP contribution in [0.3, 0.4) is 0 Å². The Bertz CT molecular complexity index is 1250. The Labute approximate surface area is 192 Å². The van der Waals surface area contributed by atoms with Crippen molar-refractivity contribution in [2.75, 3.05) is 12.4 Å². The molecule has 0 atom stereocenters. The number of rotatable bonds is 8. The molecule has 4 aromatic rings. The zero-order chi connectivity index (χ0) is 23.2. The average Bonchev–Trinajstić information content (AvgIpc) is 3.28. The number of aryl methyl sites for hydroxylation is 1. The second-order valence-electron chi connectivity index (χ2n) is 6.81. The molecule has 0 amide bonds. The van der Waals surface area contributed by atoms with Gasteiger partial charge in [-0.15, -0.1) is 11.3 Å². The van der Waals surface area contributed by atoms with Gasteiger partial charge in [0.2, 0.25) is 0 Å². The minimum Gasteiger partial charge on any atom is -0.469 e. The van der Waals surface area contributed by atoms with E-state index in [4.69, 9.17) is 4.74 Å². The summed E-state index contributed by atoms with van der Waals surface area (Å²) in [6.07, 6.45) is 5.41. The van der Waals surface area contributed by atoms with Crippen molar-refractivity contribution in [2.24, 2.45) is 0 Å². The molecular weight excluding hydrogens is 450 g/mol. The van der Waals surface area contributed by atoms with Crippen LogP contribution in [-0.4, -0.2) is 28.0 Å². The van der Waals surface area contributed by atoms with Crippen LogP contribution in [0.5, 0.6) is 11.5 Å². The van der Waals surface area contributed by atoms with Gasteiger partial charge in [-0.3, -0.25) is 9.78 Å². The van der Waals surface area contributed by atoms with Crippen molar-refractivity contribution in [3.63, 3.8) is 0 Å². The number of nitrogens with zero attached hydrogens (tertiary/aromatic N) is 3. The molecule has 0 spiro atoms. The normalized spacial score (nSPS) is 10.6. The maximum absolute atomic E-state index is 14.2. The van der Waals surface area contributed by atoms with Crippen LogP contribution in [0.15, 0.2) is 60.4 Å². The highest BCUT2D eigenvalue weighted by atomic mass is 32.1. The van der Waals surface area contributed by atoms with Crippen LogP contribution in [-0.2, 0) is 16.0 Å². The molecule has 0 bridgehead atoms. The van der Waals surface area contributed by atoms with Crippen molar-refractivity contribution in [1.29, 1.82) is 0 Å². The van der Waals surface area contributed by atoms with Gasteiger partial charge in [0.05, 0.1) is 19.2 Å². The lowest BCUT2D eigenvalue weighted by atomic mass is 10.1. The van der Waals surface area contributed by atoms with Crippen LogP contribution in [0, 0.1) is 11.6 Å². The van der Waals surface area contributed by atoms with Crippen molar-refractivity contribution in [3.05, 3.63) is 77.7 Å². The number of carbonyl (C=O) groups is 1. The first-order valence-electron chi connectivity index (χ1n) is 9.84. The van der Waals surface area contributed by atoms with E-state index in [0.29, 0.717) is 28.5 Å². The Hall–Kier alpha value is -3.92. The number of esters is 1. The highest BCUT2D eigenvalue weighted by molar-refractivity contribution is 7.13. The maximum atomic E-state index is 14.2. The number of carbonyl (C=O) groups excluding carboxylic acids is 1. The summed E-state index contributed by atoms with van der Waals surface area (Å²) in [6.45, 7) is 0. The summed E-state index contributed by atoms with van der Waals surface area (Å²) in [5.41, 5.74) is 1.90. The summed E-state index contributed by atoms with van der Waals surface area (Å²) < 4.78 is 38.8. The molecule has 1 N–H and O–H groups in total. The first-order valence-corrected chi connectivity index (χ1v) is 10.7. The third-order valence-electron chi connectivity index (χ3n) is 4.57. The fourth-order valence-corrected chi connectivity index (χ4v) is 3.69. The minimum atomic E-state index is -0.825. The molecule has 3 aromatic heterocycles. The summed E-state index contributed by atoms with van der Waals surface area (Å²) in [7, 11) is 1.34. The number of ether oxygens (including phenoxy) is 2. The lowest BCUT2D eigenvalue weighted by Crippen LogP contribution is -2.02. The second kappa shape index (κ2) is 10.1. The van der Waals surface area contributed by atoms with E-state index in [-0.39, 0.29) is 18.1 Å². The molecule has 0 aliphatic carbocycles. The standard InChI is InChI=1S/C23H18F2N4O3S/c1-31-21(30)8-7-15-13-33-23(28-15)29-20-10-19(32-22-17(24)5-2-6-18(22)25)16(12-27-20)14-4-3-9-26-11-14/h2-6,9-13H,7-8H2,1H3,(H,27,28,29). The predicted octanol–water partition coefficient (Wildman–Crippen LogP) is 5.52. The number of nitrogens with one attached hydrogen (secondary N) is 1. The molecule has 0 saturated carbocycles. The van der Waals surface area contributed by atoms with Gasteiger partial charge in [-0.1, -0.05) is 12.1 Å². The van der Waals surface area contributed by atoms with Gasteiger partial charge in [-0.2, -0.15) is 0 Å². The number of halogens is 2. The van der Waals surface area contributed by atoms with E-state index < -0.39 is 17.4 Å². The lowest BCUT2D eigenvalue weighted by molar-refractivity contribution is -0.140. The number of hydrogen-bond acceptors (Lipinski definition) is 8. The van der Waals surface area contributed by atoms with Crippen LogP contribution < -0.4 is 10.1 Å². The first-order chi connectivity index (χ1) is 16.0. The van der Waals surface area contributed by atoms with Gasteiger partial charge < -0.3 is 14.8 Å². The SMILES string of the molecule is COC(=O)CCc1csc(Nc2cc(Oc3c(F)cccc3F)c(-c3cccnc3)cn2)n1. The van der Waals surface area contributed by atoms with Gasteiger partial charge in [0.1, 0.15) is 11.6 Å². The predicted molar refractivity (Wildman–Crippen MR) is 120 cm³/mol. The molecule has 1 aromatic carbocycles. The lowest BCUT2D eigenvalue weighted by Gasteiger charge is -2.14. The number of para-hydroxylation sites is 1. The Kier molecular flexibility index (Phi) is 6.84. The molecule has 0 radical (unpaired) electrons. The molecule has 10 heteroatoms. The second-order valence-corrected chi connectivity index (χ2v) is 7.66. The van der Waals surface area contributed by atoms with Gasteiger partial charge in [0.25, 0.3) is 0 Å². The van der Waals surface area contributed by atoms with Gasteiger partial charge >= 0.3 is 5.97 Å². The molecule has 3 heterocycles. The van der Waals surface area contributed by atoms with Gasteiger partial charge in [0.15, 0.2) is 22.5 Å². The van der Waals surface area contributed by atoms with E-state index in [1.54, 1.807) is 24.5 Å². The Balaban J connectivity index is 1.62. The molecule has 7 nitrogen and oxygen atoms in total. The molecule has 0 unspecified atom stereocenters. The third kappa shape index (κ3) is 5.47. The van der Waals surface area contributed by atoms with E-state index in [0.717, 1.165) is 17.8 Å². The molecule has 4 rings (SSSR count). The van der Waals surface area contributed by atoms with Crippen molar-refractivity contribution < 1.29 is 23.0 Å². The quantitative estimate of drug-likeness (QED) is 0.341. The topological polar surface area (TPSA) is 86.2 Å². The molecular formula is C23H18F2N4O3S. The van der Waals surface area contributed by atoms with E-state index in [2.05, 4.69) is 25.0 Å². The Morgan fingerprint density at radius 3 is 2.70 bits per heavy atom. The van der Waals surface area contributed by atoms with Gasteiger partial charge in [-0.05, 0) is 18.2 Å². The van der Waals surface area contributed by atoms with Crippen LogP contribution in [0.25, 0.3) is 11.1 Å². The maximum Gasteiger partial charge on any atom is 0.305 e. The highest BCUT2D eigenvalue weighted by Crippen LogP contribution is 2.36. The first kappa shape index (κ1) is 22.3. The smallest absolute Gasteiger partial charge is 0.305 e. The fraction of sp³-hybridized carbons (Fsp3) is 0.130. The summed E-state index contributed by atoms with van der Waals surface area (Å²) in [5.74, 6) is -1.93. The summed E-state index contributed by atoms with van der Waals surface area (Å²) in [4.78, 5) is 24.2. The summed E-state index contributed by atoms with van der Waals surface area (Å²) in [6, 6.07) is 8.56. The molecule has 168 valence electrons. The Morgan fingerprint density at radius 2 is 1.97 bits per heavy atom.